The van der Waals surface area contributed by atoms with E-state index in [0.717, 1.165) is 24.1 Å². The molecule has 0 radical (unpaired) electrons. The van der Waals surface area contributed by atoms with Gasteiger partial charge in [-0.3, -0.25) is 4.79 Å². The molecule has 1 aromatic carbocycles. The number of carbonyl (C=O) groups is 1. The maximum Gasteiger partial charge on any atom is 0.243 e. The number of carbonyl (C=O) groups excluding carboxylic acids is 1. The zero-order valence-corrected chi connectivity index (χ0v) is 11.8. The molecule has 0 atom stereocenters. The highest BCUT2D eigenvalue weighted by molar-refractivity contribution is 5.99. The van der Waals surface area contributed by atoms with E-state index in [0.29, 0.717) is 0 Å². The van der Waals surface area contributed by atoms with Crippen LogP contribution in [0.4, 0.5) is 0 Å². The van der Waals surface area contributed by atoms with Gasteiger partial charge in [-0.1, -0.05) is 49.1 Å². The van der Waals surface area contributed by atoms with Crippen LogP contribution in [-0.4, -0.2) is 11.6 Å². The highest BCUT2D eigenvalue weighted by Gasteiger charge is 2.20. The van der Waals surface area contributed by atoms with Gasteiger partial charge in [0.05, 0.1) is 5.71 Å². The Labute approximate surface area is 115 Å². The summed E-state index contributed by atoms with van der Waals surface area (Å²) >= 11 is 0. The van der Waals surface area contributed by atoms with Gasteiger partial charge < -0.3 is 0 Å². The minimum atomic E-state index is 0.0751. The summed E-state index contributed by atoms with van der Waals surface area (Å²) in [5.41, 5.74) is 5.84. The molecule has 1 N–H and O–H groups in total. The first-order valence-corrected chi connectivity index (χ1v) is 7.08. The van der Waals surface area contributed by atoms with E-state index in [1.165, 1.54) is 24.8 Å². The van der Waals surface area contributed by atoms with E-state index in [-0.39, 0.29) is 11.8 Å². The molecular weight excluding hydrogens is 236 g/mol. The van der Waals surface area contributed by atoms with Crippen LogP contribution >= 0.6 is 0 Å². The molecule has 1 fully saturated rings. The minimum Gasteiger partial charge on any atom is -0.273 e. The molecule has 0 unspecified atom stereocenters. The van der Waals surface area contributed by atoms with Crippen molar-refractivity contribution in [2.75, 3.05) is 0 Å². The standard InChI is InChI=1S/C16H22N2O/c1-12-8-10-14(11-9-12)13(2)17-18-16(19)15-6-4-3-5-7-15/h8-11,15H,3-7H2,1-2H3,(H,18,19)/b17-13+. The molecule has 1 aliphatic rings. The average Bonchev–Trinajstić information content (AvgIpc) is 2.46. The fourth-order valence-corrected chi connectivity index (χ4v) is 2.45. The van der Waals surface area contributed by atoms with E-state index >= 15 is 0 Å². The summed E-state index contributed by atoms with van der Waals surface area (Å²) < 4.78 is 0. The Morgan fingerprint density at radius 2 is 1.79 bits per heavy atom. The number of benzene rings is 1. The summed E-state index contributed by atoms with van der Waals surface area (Å²) in [7, 11) is 0. The van der Waals surface area contributed by atoms with Crippen LogP contribution in [-0.2, 0) is 4.79 Å². The molecule has 0 bridgehead atoms. The Balaban J connectivity index is 1.93. The highest BCUT2D eigenvalue weighted by atomic mass is 16.2. The third-order valence-corrected chi connectivity index (χ3v) is 3.78. The smallest absolute Gasteiger partial charge is 0.243 e. The SMILES string of the molecule is C/C(=N\NC(=O)C1CCCCC1)c1ccc(C)cc1. The number of nitrogens with zero attached hydrogens (tertiary/aromatic N) is 1. The molecular formula is C16H22N2O. The second kappa shape index (κ2) is 6.50. The van der Waals surface area contributed by atoms with Gasteiger partial charge in [0.15, 0.2) is 0 Å². The van der Waals surface area contributed by atoms with Gasteiger partial charge in [-0.25, -0.2) is 5.43 Å². The van der Waals surface area contributed by atoms with Crippen molar-refractivity contribution in [2.45, 2.75) is 46.0 Å². The number of nitrogens with one attached hydrogen (secondary N) is 1. The monoisotopic (exact) mass is 258 g/mol. The molecule has 1 aromatic rings. The van der Waals surface area contributed by atoms with E-state index in [1.54, 1.807) is 0 Å². The van der Waals surface area contributed by atoms with Crippen molar-refractivity contribution in [1.29, 1.82) is 0 Å². The van der Waals surface area contributed by atoms with Gasteiger partial charge in [0, 0.05) is 5.92 Å². The number of hydrazone groups is 1. The Kier molecular flexibility index (Phi) is 4.72. The van der Waals surface area contributed by atoms with Crippen LogP contribution in [0.1, 0.15) is 50.2 Å². The Bertz CT molecular complexity index is 456. The predicted molar refractivity (Wildman–Crippen MR) is 78.1 cm³/mol. The number of hydrogen-bond acceptors (Lipinski definition) is 2. The van der Waals surface area contributed by atoms with Crippen molar-refractivity contribution < 1.29 is 4.79 Å². The zero-order valence-electron chi connectivity index (χ0n) is 11.8. The Morgan fingerprint density at radius 1 is 1.16 bits per heavy atom. The summed E-state index contributed by atoms with van der Waals surface area (Å²) in [5, 5.41) is 4.22. The lowest BCUT2D eigenvalue weighted by molar-refractivity contribution is -0.125. The normalized spacial score (nSPS) is 17.3. The molecule has 1 amide bonds. The van der Waals surface area contributed by atoms with Crippen molar-refractivity contribution in [3.05, 3.63) is 35.4 Å². The number of amides is 1. The topological polar surface area (TPSA) is 41.5 Å². The quantitative estimate of drug-likeness (QED) is 0.655. The van der Waals surface area contributed by atoms with Crippen LogP contribution in [0, 0.1) is 12.8 Å². The van der Waals surface area contributed by atoms with Crippen LogP contribution < -0.4 is 5.43 Å². The van der Waals surface area contributed by atoms with E-state index in [4.69, 9.17) is 0 Å². The molecule has 3 nitrogen and oxygen atoms in total. The van der Waals surface area contributed by atoms with Gasteiger partial charge in [-0.2, -0.15) is 5.10 Å². The van der Waals surface area contributed by atoms with Crippen LogP contribution in [0.2, 0.25) is 0 Å². The van der Waals surface area contributed by atoms with E-state index in [1.807, 2.05) is 19.1 Å². The molecule has 0 saturated heterocycles. The number of hydrogen-bond donors (Lipinski definition) is 1. The molecule has 0 aromatic heterocycles. The third-order valence-electron chi connectivity index (χ3n) is 3.78. The average molecular weight is 258 g/mol. The summed E-state index contributed by atoms with van der Waals surface area (Å²) in [5.74, 6) is 0.231. The summed E-state index contributed by atoms with van der Waals surface area (Å²) in [6.45, 7) is 3.98. The van der Waals surface area contributed by atoms with Crippen molar-refractivity contribution in [2.24, 2.45) is 11.0 Å². The first-order valence-electron chi connectivity index (χ1n) is 7.08. The van der Waals surface area contributed by atoms with Crippen molar-refractivity contribution >= 4 is 11.6 Å². The van der Waals surface area contributed by atoms with Gasteiger partial charge in [-0.15, -0.1) is 0 Å². The van der Waals surface area contributed by atoms with Crippen LogP contribution in [0.25, 0.3) is 0 Å². The van der Waals surface area contributed by atoms with Crippen LogP contribution in [0.15, 0.2) is 29.4 Å². The fourth-order valence-electron chi connectivity index (χ4n) is 2.45. The molecule has 0 spiro atoms. The highest BCUT2D eigenvalue weighted by Crippen LogP contribution is 2.23. The molecule has 1 saturated carbocycles. The molecule has 19 heavy (non-hydrogen) atoms. The Morgan fingerprint density at radius 3 is 2.42 bits per heavy atom. The molecule has 3 heteroatoms. The van der Waals surface area contributed by atoms with Crippen molar-refractivity contribution in [1.82, 2.24) is 5.43 Å². The molecule has 0 aliphatic heterocycles. The number of rotatable bonds is 3. The number of aryl methyl sites for hydroxylation is 1. The molecule has 2 rings (SSSR count). The predicted octanol–water partition coefficient (Wildman–Crippen LogP) is 3.42. The second-order valence-corrected chi connectivity index (χ2v) is 5.37. The van der Waals surface area contributed by atoms with Gasteiger partial charge in [0.25, 0.3) is 0 Å². The summed E-state index contributed by atoms with van der Waals surface area (Å²) in [4.78, 5) is 12.0. The molecule has 102 valence electrons. The van der Waals surface area contributed by atoms with Crippen molar-refractivity contribution in [3.8, 4) is 0 Å². The summed E-state index contributed by atoms with van der Waals surface area (Å²) in [6, 6.07) is 8.16. The van der Waals surface area contributed by atoms with Gasteiger partial charge >= 0.3 is 0 Å². The zero-order chi connectivity index (χ0) is 13.7. The van der Waals surface area contributed by atoms with Crippen LogP contribution in [0.5, 0.6) is 0 Å². The van der Waals surface area contributed by atoms with Gasteiger partial charge in [0.2, 0.25) is 5.91 Å². The largest absolute Gasteiger partial charge is 0.273 e. The lowest BCUT2D eigenvalue weighted by Crippen LogP contribution is -2.29. The van der Waals surface area contributed by atoms with Gasteiger partial charge in [0.1, 0.15) is 0 Å². The van der Waals surface area contributed by atoms with E-state index in [2.05, 4.69) is 29.6 Å². The lowest BCUT2D eigenvalue weighted by atomic mass is 9.89. The first kappa shape index (κ1) is 13.8. The van der Waals surface area contributed by atoms with Crippen LogP contribution in [0.3, 0.4) is 0 Å². The fraction of sp³-hybridized carbons (Fsp3) is 0.500. The lowest BCUT2D eigenvalue weighted by Gasteiger charge is -2.19. The molecule has 1 aliphatic carbocycles. The van der Waals surface area contributed by atoms with E-state index in [9.17, 15) is 4.79 Å². The summed E-state index contributed by atoms with van der Waals surface area (Å²) in [6.07, 6.45) is 5.60. The van der Waals surface area contributed by atoms with E-state index < -0.39 is 0 Å². The van der Waals surface area contributed by atoms with Gasteiger partial charge in [-0.05, 0) is 32.3 Å². The van der Waals surface area contributed by atoms with Crippen molar-refractivity contribution in [3.63, 3.8) is 0 Å². The maximum atomic E-state index is 12.0. The maximum absolute atomic E-state index is 12.0. The first-order chi connectivity index (χ1) is 9.16. The minimum absolute atomic E-state index is 0.0751. The molecule has 0 heterocycles. The third kappa shape index (κ3) is 3.91. The Hall–Kier alpha value is -1.64. The second-order valence-electron chi connectivity index (χ2n) is 5.37.